The monoisotopic (exact) mass is 273 g/mol. The highest BCUT2D eigenvalue weighted by atomic mass is 16.5. The Kier molecular flexibility index (Phi) is 4.38. The van der Waals surface area contributed by atoms with E-state index in [-0.39, 0.29) is 12.5 Å². The van der Waals surface area contributed by atoms with Crippen LogP contribution in [0.2, 0.25) is 0 Å². The van der Waals surface area contributed by atoms with Crippen molar-refractivity contribution in [2.45, 2.75) is 43.4 Å². The van der Waals surface area contributed by atoms with E-state index in [1.807, 2.05) is 0 Å². The summed E-state index contributed by atoms with van der Waals surface area (Å²) >= 11 is 0. The van der Waals surface area contributed by atoms with Crippen LogP contribution in [0, 0.1) is 0 Å². The summed E-state index contributed by atoms with van der Waals surface area (Å²) in [5.41, 5.74) is -0.667. The van der Waals surface area contributed by atoms with E-state index in [4.69, 9.17) is 14.6 Å². The maximum Gasteiger partial charge on any atom is 0.332 e. The lowest BCUT2D eigenvalue weighted by Crippen LogP contribution is -2.56. The van der Waals surface area contributed by atoms with Crippen molar-refractivity contribution in [3.63, 3.8) is 0 Å². The van der Waals surface area contributed by atoms with Gasteiger partial charge >= 0.3 is 5.97 Å². The van der Waals surface area contributed by atoms with Gasteiger partial charge in [-0.25, -0.2) is 4.79 Å². The third-order valence-corrected chi connectivity index (χ3v) is 3.73. The van der Waals surface area contributed by atoms with Gasteiger partial charge in [0.1, 0.15) is 6.10 Å². The van der Waals surface area contributed by atoms with E-state index in [0.29, 0.717) is 38.9 Å². The van der Waals surface area contributed by atoms with Crippen molar-refractivity contribution in [2.75, 3.05) is 19.8 Å². The molecule has 0 aliphatic carbocycles. The molecule has 0 aromatic heterocycles. The summed E-state index contributed by atoms with van der Waals surface area (Å²) in [6.45, 7) is 0.825. The molecule has 7 heteroatoms. The van der Waals surface area contributed by atoms with E-state index in [9.17, 15) is 14.7 Å². The molecule has 0 spiro atoms. The second-order valence-electron chi connectivity index (χ2n) is 5.07. The average Bonchev–Trinajstić information content (AvgIpc) is 2.89. The number of aliphatic hydroxyl groups is 1. The number of hydrogen-bond donors (Lipinski definition) is 3. The van der Waals surface area contributed by atoms with Gasteiger partial charge in [-0.05, 0) is 25.7 Å². The number of rotatable bonds is 4. The van der Waals surface area contributed by atoms with Gasteiger partial charge in [0, 0.05) is 13.2 Å². The number of carboxylic acids is 1. The smallest absolute Gasteiger partial charge is 0.332 e. The molecule has 2 rings (SSSR count). The molecule has 2 atom stereocenters. The van der Waals surface area contributed by atoms with Crippen LogP contribution in [-0.2, 0) is 19.1 Å². The van der Waals surface area contributed by atoms with Gasteiger partial charge in [0.05, 0.1) is 12.1 Å². The van der Waals surface area contributed by atoms with Crippen LogP contribution >= 0.6 is 0 Å². The molecule has 0 saturated carbocycles. The lowest BCUT2D eigenvalue weighted by Gasteiger charge is -2.36. The summed E-state index contributed by atoms with van der Waals surface area (Å²) in [5.74, 6) is -1.39. The van der Waals surface area contributed by atoms with Gasteiger partial charge in [0.15, 0.2) is 6.10 Å². The van der Waals surface area contributed by atoms with Crippen LogP contribution in [0.5, 0.6) is 0 Å². The van der Waals surface area contributed by atoms with Gasteiger partial charge in [0.25, 0.3) is 0 Å². The Labute approximate surface area is 110 Å². The Balaban J connectivity index is 1.91. The zero-order valence-corrected chi connectivity index (χ0v) is 10.6. The molecule has 19 heavy (non-hydrogen) atoms. The number of carboxylic acid groups (broad SMARTS) is 1. The van der Waals surface area contributed by atoms with Gasteiger partial charge in [-0.15, -0.1) is 0 Å². The molecule has 2 fully saturated rings. The van der Waals surface area contributed by atoms with Gasteiger partial charge < -0.3 is 25.0 Å². The number of carbonyl (C=O) groups is 2. The third-order valence-electron chi connectivity index (χ3n) is 3.73. The van der Waals surface area contributed by atoms with Crippen LogP contribution < -0.4 is 5.32 Å². The molecule has 0 bridgehead atoms. The average molecular weight is 273 g/mol. The Morgan fingerprint density at radius 1 is 1.21 bits per heavy atom. The molecule has 0 aromatic carbocycles. The zero-order chi connectivity index (χ0) is 13.9. The molecule has 0 radical (unpaired) electrons. The lowest BCUT2D eigenvalue weighted by molar-refractivity contribution is -0.152. The van der Waals surface area contributed by atoms with Gasteiger partial charge in [-0.2, -0.15) is 0 Å². The lowest BCUT2D eigenvalue weighted by atomic mass is 9.90. The minimum atomic E-state index is -1.04. The first-order valence-corrected chi connectivity index (χ1v) is 6.45. The van der Waals surface area contributed by atoms with Crippen LogP contribution in [-0.4, -0.2) is 59.7 Å². The fraction of sp³-hybridized carbons (Fsp3) is 0.833. The minimum absolute atomic E-state index is 0.156. The van der Waals surface area contributed by atoms with Gasteiger partial charge in [-0.1, -0.05) is 0 Å². The molecule has 0 unspecified atom stereocenters. The standard InChI is InChI=1S/C12H19NO6/c14-7-12(3-5-18-6-4-12)13-10(15)8-1-2-9(19-8)11(16)17/h8-9,14H,1-7H2,(H,13,15)(H,16,17)/t8-,9+/m0/s1. The summed E-state index contributed by atoms with van der Waals surface area (Å²) in [7, 11) is 0. The van der Waals surface area contributed by atoms with Crippen molar-refractivity contribution >= 4 is 11.9 Å². The summed E-state index contributed by atoms with van der Waals surface area (Å²) in [6.07, 6.45) is 0.167. The second-order valence-corrected chi connectivity index (χ2v) is 5.07. The number of aliphatic carboxylic acids is 1. The normalized spacial score (nSPS) is 29.9. The number of amides is 1. The van der Waals surface area contributed by atoms with Crippen LogP contribution in [0.25, 0.3) is 0 Å². The Morgan fingerprint density at radius 2 is 1.84 bits per heavy atom. The predicted octanol–water partition coefficient (Wildman–Crippen LogP) is -0.724. The van der Waals surface area contributed by atoms with Crippen molar-refractivity contribution in [1.82, 2.24) is 5.32 Å². The molecule has 2 aliphatic rings. The summed E-state index contributed by atoms with van der Waals surface area (Å²) in [4.78, 5) is 22.8. The van der Waals surface area contributed by atoms with Crippen molar-refractivity contribution < 1.29 is 29.3 Å². The predicted molar refractivity (Wildman–Crippen MR) is 63.5 cm³/mol. The van der Waals surface area contributed by atoms with Gasteiger partial charge in [0.2, 0.25) is 5.91 Å². The molecule has 2 saturated heterocycles. The van der Waals surface area contributed by atoms with E-state index in [1.54, 1.807) is 0 Å². The second kappa shape index (κ2) is 5.85. The molecule has 7 nitrogen and oxygen atoms in total. The topological polar surface area (TPSA) is 105 Å². The number of aliphatic hydroxyl groups excluding tert-OH is 1. The van der Waals surface area contributed by atoms with Crippen molar-refractivity contribution in [2.24, 2.45) is 0 Å². The number of nitrogens with one attached hydrogen (secondary N) is 1. The number of ether oxygens (including phenoxy) is 2. The number of hydrogen-bond acceptors (Lipinski definition) is 5. The highest BCUT2D eigenvalue weighted by Crippen LogP contribution is 2.24. The van der Waals surface area contributed by atoms with E-state index < -0.39 is 23.7 Å². The maximum atomic E-state index is 12.1. The summed E-state index contributed by atoms with van der Waals surface area (Å²) in [6, 6.07) is 0. The molecular formula is C12H19NO6. The molecule has 108 valence electrons. The van der Waals surface area contributed by atoms with Crippen molar-refractivity contribution in [3.8, 4) is 0 Å². The first-order valence-electron chi connectivity index (χ1n) is 6.45. The first kappa shape index (κ1) is 14.2. The Bertz CT molecular complexity index is 352. The van der Waals surface area contributed by atoms with Crippen LogP contribution in [0.15, 0.2) is 0 Å². The van der Waals surface area contributed by atoms with Gasteiger partial charge in [-0.3, -0.25) is 4.79 Å². The largest absolute Gasteiger partial charge is 0.479 e. The summed E-state index contributed by atoms with van der Waals surface area (Å²) in [5, 5.41) is 21.1. The van der Waals surface area contributed by atoms with Crippen molar-refractivity contribution in [3.05, 3.63) is 0 Å². The molecule has 1 amide bonds. The Hall–Kier alpha value is -1.18. The number of carbonyl (C=O) groups excluding carboxylic acids is 1. The fourth-order valence-electron chi connectivity index (χ4n) is 2.44. The van der Waals surface area contributed by atoms with Crippen LogP contribution in [0.3, 0.4) is 0 Å². The highest BCUT2D eigenvalue weighted by Gasteiger charge is 2.39. The highest BCUT2D eigenvalue weighted by molar-refractivity contribution is 5.83. The maximum absolute atomic E-state index is 12.1. The van der Waals surface area contributed by atoms with Crippen molar-refractivity contribution in [1.29, 1.82) is 0 Å². The minimum Gasteiger partial charge on any atom is -0.479 e. The Morgan fingerprint density at radius 3 is 2.37 bits per heavy atom. The molecule has 2 heterocycles. The van der Waals surface area contributed by atoms with Crippen LogP contribution in [0.1, 0.15) is 25.7 Å². The SMILES string of the molecule is O=C(NC1(CO)CCOCC1)[C@@H]1CC[C@H](C(=O)O)O1. The summed E-state index contributed by atoms with van der Waals surface area (Å²) < 4.78 is 10.4. The van der Waals surface area contributed by atoms with E-state index in [0.717, 1.165) is 0 Å². The van der Waals surface area contributed by atoms with Crippen LogP contribution in [0.4, 0.5) is 0 Å². The van der Waals surface area contributed by atoms with E-state index >= 15 is 0 Å². The first-order chi connectivity index (χ1) is 9.06. The zero-order valence-electron chi connectivity index (χ0n) is 10.6. The molecule has 3 N–H and O–H groups in total. The molecule has 0 aromatic rings. The van der Waals surface area contributed by atoms with E-state index in [2.05, 4.69) is 5.32 Å². The molecule has 2 aliphatic heterocycles. The fourth-order valence-corrected chi connectivity index (χ4v) is 2.44. The third kappa shape index (κ3) is 3.23. The quantitative estimate of drug-likeness (QED) is 0.624. The van der Waals surface area contributed by atoms with E-state index in [1.165, 1.54) is 0 Å². The molecular weight excluding hydrogens is 254 g/mol.